The first-order chi connectivity index (χ1) is 25.9. The molecule has 0 nitrogen and oxygen atoms in total. The molecule has 0 heterocycles. The summed E-state index contributed by atoms with van der Waals surface area (Å²) in [6, 6.07) is 34.4. The van der Waals surface area contributed by atoms with Gasteiger partial charge in [0.15, 0.2) is 0 Å². The average Bonchev–Trinajstić information content (AvgIpc) is 3.50. The molecule has 55 heavy (non-hydrogen) atoms. The first kappa shape index (κ1) is 42.6. The average molecular weight is 804 g/mol. The Balaban J connectivity index is 0.000000252. The number of benzene rings is 3. The van der Waals surface area contributed by atoms with E-state index in [1.54, 1.807) is 39.0 Å². The predicted octanol–water partition coefficient (Wildman–Crippen LogP) is 15.0. The van der Waals surface area contributed by atoms with E-state index in [9.17, 15) is 0 Å². The summed E-state index contributed by atoms with van der Waals surface area (Å²) in [6.45, 7) is 34.6. The Bertz CT molecular complexity index is 1870. The van der Waals surface area contributed by atoms with E-state index in [4.69, 9.17) is 0 Å². The molecule has 0 bridgehead atoms. The van der Waals surface area contributed by atoms with E-state index in [0.717, 1.165) is 23.7 Å². The molecule has 0 aromatic heterocycles. The van der Waals surface area contributed by atoms with E-state index in [0.29, 0.717) is 27.4 Å². The van der Waals surface area contributed by atoms with Crippen LogP contribution in [0, 0.1) is 47.3 Å². The normalized spacial score (nSPS) is 33.4. The molecule has 0 radical (unpaired) electrons. The molecule has 0 aliphatic heterocycles. The Morgan fingerprint density at radius 3 is 1.15 bits per heavy atom. The summed E-state index contributed by atoms with van der Waals surface area (Å²) in [4.78, 5) is 0. The molecule has 0 saturated heterocycles. The van der Waals surface area contributed by atoms with Crippen molar-refractivity contribution in [3.05, 3.63) is 152 Å². The number of allylic oxidation sites excluding steroid dienone is 8. The third-order valence-electron chi connectivity index (χ3n) is 16.9. The van der Waals surface area contributed by atoms with Crippen LogP contribution in [0.2, 0.25) is 7.44 Å². The van der Waals surface area contributed by atoms with Crippen LogP contribution in [0.15, 0.2) is 136 Å². The predicted molar refractivity (Wildman–Crippen MR) is 231 cm³/mol. The first-order valence-corrected chi connectivity index (χ1v) is 26.5. The van der Waals surface area contributed by atoms with E-state index in [-0.39, 0.29) is 3.72 Å². The van der Waals surface area contributed by atoms with Gasteiger partial charge >= 0.3 is 355 Å². The quantitative estimate of drug-likeness (QED) is 0.209. The molecule has 0 fully saturated rings. The molecular weight excluding hydrogens is 732 g/mol. The molecule has 3 aromatic carbocycles. The maximum atomic E-state index is 2.72. The van der Waals surface area contributed by atoms with Gasteiger partial charge in [-0.25, -0.2) is 0 Å². The number of hydrogen-bond donors (Lipinski definition) is 0. The van der Waals surface area contributed by atoms with E-state index in [2.05, 4.69) is 208 Å². The van der Waals surface area contributed by atoms with Crippen molar-refractivity contribution in [2.45, 2.75) is 119 Å². The Morgan fingerprint density at radius 1 is 0.455 bits per heavy atom. The second-order valence-corrected chi connectivity index (χ2v) is 28.0. The Morgan fingerprint density at radius 2 is 0.764 bits per heavy atom. The molecule has 7 rings (SSSR count). The minimum atomic E-state index is -2.92. The van der Waals surface area contributed by atoms with Crippen LogP contribution < -0.4 is 0 Å². The molecule has 0 saturated carbocycles. The molecule has 4 aliphatic rings. The van der Waals surface area contributed by atoms with Gasteiger partial charge in [-0.15, -0.1) is 0 Å². The Hall–Kier alpha value is -1.95. The number of hydrogen-bond acceptors (Lipinski definition) is 0. The van der Waals surface area contributed by atoms with Gasteiger partial charge in [-0.1, -0.05) is 0 Å². The summed E-state index contributed by atoms with van der Waals surface area (Å²) in [7, 11) is 0. The zero-order valence-electron chi connectivity index (χ0n) is 36.9. The van der Waals surface area contributed by atoms with Crippen molar-refractivity contribution in [1.82, 2.24) is 0 Å². The summed E-state index contributed by atoms with van der Waals surface area (Å²) < 4.78 is 4.18. The van der Waals surface area contributed by atoms with Gasteiger partial charge in [0.05, 0.1) is 0 Å². The fraction of sp³-hybridized carbons (Fsp3) is 0.509. The maximum absolute atomic E-state index is 2.92. The minimum absolute atomic E-state index is 0.156. The fourth-order valence-electron chi connectivity index (χ4n) is 12.3. The molecule has 291 valence electrons. The van der Waals surface area contributed by atoms with Crippen LogP contribution in [0.1, 0.15) is 114 Å². The van der Waals surface area contributed by atoms with E-state index in [1.807, 2.05) is 5.57 Å². The zero-order chi connectivity index (χ0) is 40.2. The summed E-state index contributed by atoms with van der Waals surface area (Å²) in [5, 5.41) is 0. The molecular formula is C53H71Ti2. The zero-order valence-corrected chi connectivity index (χ0v) is 40.0. The fourth-order valence-corrected chi connectivity index (χ4v) is 23.2. The van der Waals surface area contributed by atoms with Gasteiger partial charge in [-0.3, -0.25) is 0 Å². The van der Waals surface area contributed by atoms with Crippen molar-refractivity contribution in [2.24, 2.45) is 47.3 Å². The van der Waals surface area contributed by atoms with Crippen molar-refractivity contribution in [2.75, 3.05) is 0 Å². The molecule has 3 aromatic rings. The second kappa shape index (κ2) is 16.4. The van der Waals surface area contributed by atoms with Crippen LogP contribution in [-0.4, -0.2) is 0 Å². The van der Waals surface area contributed by atoms with Crippen LogP contribution in [0.4, 0.5) is 0 Å². The van der Waals surface area contributed by atoms with Gasteiger partial charge in [0, 0.05) is 0 Å². The van der Waals surface area contributed by atoms with Gasteiger partial charge < -0.3 is 0 Å². The van der Waals surface area contributed by atoms with Crippen LogP contribution in [0.3, 0.4) is 0 Å². The van der Waals surface area contributed by atoms with E-state index >= 15 is 0 Å². The van der Waals surface area contributed by atoms with Gasteiger partial charge in [-0.05, 0) is 0 Å². The summed E-state index contributed by atoms with van der Waals surface area (Å²) >= 11 is -0.498. The molecule has 2 heteroatoms. The van der Waals surface area contributed by atoms with Crippen molar-refractivity contribution in [3.8, 4) is 0 Å². The van der Waals surface area contributed by atoms with Gasteiger partial charge in [0.1, 0.15) is 0 Å². The van der Waals surface area contributed by atoms with Crippen LogP contribution in [-0.2, 0) is 51.2 Å². The molecule has 10 unspecified atom stereocenters. The molecule has 0 N–H and O–H groups in total. The Kier molecular flexibility index (Phi) is 12.7. The Labute approximate surface area is 352 Å². The van der Waals surface area contributed by atoms with Gasteiger partial charge in [0.2, 0.25) is 0 Å². The van der Waals surface area contributed by atoms with E-state index < -0.39 is 16.6 Å². The topological polar surface area (TPSA) is 0 Å². The third kappa shape index (κ3) is 7.26. The summed E-state index contributed by atoms with van der Waals surface area (Å²) in [5.41, 5.74) is 18.1. The first-order valence-electron chi connectivity index (χ1n) is 21.6. The molecule has 10 atom stereocenters. The summed E-state index contributed by atoms with van der Waals surface area (Å²) in [6.07, 6.45) is 0. The number of rotatable bonds is 7. The monoisotopic (exact) mass is 803 g/mol. The van der Waals surface area contributed by atoms with Crippen molar-refractivity contribution in [1.29, 1.82) is 0 Å². The van der Waals surface area contributed by atoms with Crippen LogP contribution in [0.5, 0.6) is 0 Å². The van der Waals surface area contributed by atoms with Crippen LogP contribution in [0.25, 0.3) is 0 Å². The molecule has 0 spiro atoms. The van der Waals surface area contributed by atoms with Gasteiger partial charge in [-0.2, -0.15) is 0 Å². The molecule has 4 aliphatic carbocycles. The van der Waals surface area contributed by atoms with Crippen molar-refractivity contribution >= 4 is 0 Å². The van der Waals surface area contributed by atoms with Crippen molar-refractivity contribution in [3.63, 3.8) is 0 Å². The SMILES string of the molecule is CC1=C(C)[C](C)([Ti]([CH2]c2ccccc2)([CH2]c2ccccc2)[CH2]c2ccccc2)C2=C1C(C)C(C)C(C)C2C.CC1=C(C)[C](C)([Ti])C2=C1C(C)C(C)C(C)C2C. The van der Waals surface area contributed by atoms with Crippen molar-refractivity contribution < 1.29 is 37.0 Å². The van der Waals surface area contributed by atoms with E-state index in [1.165, 1.54) is 30.9 Å². The second-order valence-electron chi connectivity index (χ2n) is 19.3. The third-order valence-corrected chi connectivity index (χ3v) is 27.3. The standard InChI is InChI=1S/2C16H25.3C7H7.2Ti/c2*1-8-9(2)12(5)16-14(7)10(3)13(6)15(16)11(8)4;3*1-7-5-3-2-4-6-7;;/h2*8-9,11-12H,1-7H3;3*2-6H,1H2;;. The molecule has 0 amide bonds. The summed E-state index contributed by atoms with van der Waals surface area (Å²) in [5.74, 6) is 5.73. The van der Waals surface area contributed by atoms with Crippen LogP contribution >= 0.6 is 0 Å². The van der Waals surface area contributed by atoms with Gasteiger partial charge in [0.25, 0.3) is 0 Å².